The molecule has 5 nitrogen and oxygen atoms in total. The van der Waals surface area contributed by atoms with Crippen LogP contribution in [0.2, 0.25) is 0 Å². The first-order valence-corrected chi connectivity index (χ1v) is 6.94. The van der Waals surface area contributed by atoms with Crippen molar-refractivity contribution in [2.75, 3.05) is 5.32 Å². The maximum absolute atomic E-state index is 11.1. The Balaban J connectivity index is 1.83. The second-order valence-corrected chi connectivity index (χ2v) is 5.20. The quantitative estimate of drug-likeness (QED) is 0.929. The van der Waals surface area contributed by atoms with E-state index in [-0.39, 0.29) is 5.91 Å². The van der Waals surface area contributed by atoms with E-state index >= 15 is 0 Å². The van der Waals surface area contributed by atoms with Crippen LogP contribution < -0.4 is 5.32 Å². The topological polar surface area (TPSA) is 68.0 Å². The molecule has 1 heterocycles. The molecule has 0 atom stereocenters. The molecule has 1 amide bonds. The molecule has 0 bridgehead atoms. The van der Waals surface area contributed by atoms with Gasteiger partial charge in [-0.25, -0.2) is 0 Å². The van der Waals surface area contributed by atoms with Crippen LogP contribution in [0, 0.1) is 0 Å². The molecule has 1 fully saturated rings. The number of anilines is 1. The molecule has 0 radical (unpaired) electrons. The van der Waals surface area contributed by atoms with Crippen LogP contribution in [0.3, 0.4) is 0 Å². The fraction of sp³-hybridized carbons (Fsp3) is 0.400. The maximum atomic E-state index is 11.1. The number of aromatic nitrogens is 2. The van der Waals surface area contributed by atoms with E-state index in [1.54, 1.807) is 0 Å². The van der Waals surface area contributed by atoms with Crippen molar-refractivity contribution < 1.29 is 9.32 Å². The van der Waals surface area contributed by atoms with E-state index in [0.29, 0.717) is 11.7 Å². The Morgan fingerprint density at radius 2 is 2.15 bits per heavy atom. The number of nitrogens with zero attached hydrogens (tertiary/aromatic N) is 2. The molecular weight excluding hydrogens is 254 g/mol. The Bertz CT molecular complexity index is 615. The fourth-order valence-corrected chi connectivity index (χ4v) is 2.63. The number of benzene rings is 1. The molecule has 1 aliphatic rings. The number of hydrogen-bond acceptors (Lipinski definition) is 4. The zero-order chi connectivity index (χ0) is 13.9. The second kappa shape index (κ2) is 5.45. The molecule has 0 spiro atoms. The van der Waals surface area contributed by atoms with Gasteiger partial charge in [0, 0.05) is 24.1 Å². The van der Waals surface area contributed by atoms with Crippen molar-refractivity contribution in [1.82, 2.24) is 10.1 Å². The molecule has 1 aromatic heterocycles. The van der Waals surface area contributed by atoms with Gasteiger partial charge in [0.2, 0.25) is 17.6 Å². The average molecular weight is 271 g/mol. The zero-order valence-corrected chi connectivity index (χ0v) is 11.4. The molecule has 104 valence electrons. The summed E-state index contributed by atoms with van der Waals surface area (Å²) in [5.74, 6) is 1.64. The van der Waals surface area contributed by atoms with Crippen molar-refractivity contribution in [3.63, 3.8) is 0 Å². The van der Waals surface area contributed by atoms with Crippen LogP contribution in [0.25, 0.3) is 11.4 Å². The van der Waals surface area contributed by atoms with E-state index in [1.165, 1.54) is 19.8 Å². The third kappa shape index (κ3) is 2.71. The van der Waals surface area contributed by atoms with Crippen molar-refractivity contribution in [3.05, 3.63) is 30.2 Å². The van der Waals surface area contributed by atoms with Crippen molar-refractivity contribution in [1.29, 1.82) is 0 Å². The van der Waals surface area contributed by atoms with Crippen LogP contribution in [0.15, 0.2) is 28.8 Å². The molecule has 0 unspecified atom stereocenters. The molecule has 5 heteroatoms. The highest BCUT2D eigenvalue weighted by Crippen LogP contribution is 2.34. The van der Waals surface area contributed by atoms with E-state index in [4.69, 9.17) is 4.52 Å². The van der Waals surface area contributed by atoms with Gasteiger partial charge in [-0.05, 0) is 25.0 Å². The number of carbonyl (C=O) groups excluding carboxylic acids is 1. The van der Waals surface area contributed by atoms with Gasteiger partial charge in [-0.3, -0.25) is 4.79 Å². The van der Waals surface area contributed by atoms with Crippen molar-refractivity contribution >= 4 is 11.6 Å². The minimum atomic E-state index is -0.0955. The predicted octanol–water partition coefficient (Wildman–Crippen LogP) is 3.35. The summed E-state index contributed by atoms with van der Waals surface area (Å²) in [6.45, 7) is 1.49. The molecule has 2 aromatic rings. The third-order valence-electron chi connectivity index (χ3n) is 3.59. The molecule has 20 heavy (non-hydrogen) atoms. The summed E-state index contributed by atoms with van der Waals surface area (Å²) in [7, 11) is 0. The van der Waals surface area contributed by atoms with Crippen molar-refractivity contribution in [2.45, 2.75) is 38.5 Å². The highest BCUT2D eigenvalue weighted by molar-refractivity contribution is 5.89. The Labute approximate surface area is 117 Å². The van der Waals surface area contributed by atoms with E-state index in [9.17, 15) is 4.79 Å². The van der Waals surface area contributed by atoms with E-state index in [1.807, 2.05) is 24.3 Å². The van der Waals surface area contributed by atoms with Crippen LogP contribution in [0.4, 0.5) is 5.69 Å². The molecule has 3 rings (SSSR count). The lowest BCUT2D eigenvalue weighted by Crippen LogP contribution is -2.05. The lowest BCUT2D eigenvalue weighted by atomic mass is 10.1. The lowest BCUT2D eigenvalue weighted by Gasteiger charge is -2.02. The first-order valence-electron chi connectivity index (χ1n) is 6.94. The Morgan fingerprint density at radius 3 is 2.90 bits per heavy atom. The first kappa shape index (κ1) is 12.8. The summed E-state index contributed by atoms with van der Waals surface area (Å²) in [4.78, 5) is 15.6. The van der Waals surface area contributed by atoms with E-state index < -0.39 is 0 Å². The molecule has 1 aromatic carbocycles. The summed E-state index contributed by atoms with van der Waals surface area (Å²) in [5, 5.41) is 6.80. The molecule has 0 aliphatic heterocycles. The Morgan fingerprint density at radius 1 is 1.35 bits per heavy atom. The van der Waals surface area contributed by atoms with E-state index in [0.717, 1.165) is 30.0 Å². The van der Waals surface area contributed by atoms with Crippen molar-refractivity contribution in [3.8, 4) is 11.4 Å². The number of amides is 1. The standard InChI is InChI=1S/C15H17N3O2/c1-10(19)16-13-8-4-7-12(9-13)14-17-15(20-18-14)11-5-2-3-6-11/h4,7-9,11H,2-3,5-6H2,1H3,(H,16,19). The monoisotopic (exact) mass is 271 g/mol. The number of hydrogen-bond donors (Lipinski definition) is 1. The van der Waals surface area contributed by atoms with Crippen LogP contribution >= 0.6 is 0 Å². The van der Waals surface area contributed by atoms with E-state index in [2.05, 4.69) is 15.5 Å². The van der Waals surface area contributed by atoms with Gasteiger partial charge in [0.1, 0.15) is 0 Å². The number of rotatable bonds is 3. The highest BCUT2D eigenvalue weighted by atomic mass is 16.5. The number of nitrogens with one attached hydrogen (secondary N) is 1. The Kier molecular flexibility index (Phi) is 3.50. The average Bonchev–Trinajstić information content (AvgIpc) is 3.09. The van der Waals surface area contributed by atoms with Gasteiger partial charge in [0.15, 0.2) is 0 Å². The van der Waals surface area contributed by atoms with Gasteiger partial charge in [0.05, 0.1) is 0 Å². The van der Waals surface area contributed by atoms with Crippen LogP contribution in [0.5, 0.6) is 0 Å². The molecule has 1 N–H and O–H groups in total. The van der Waals surface area contributed by atoms with Gasteiger partial charge < -0.3 is 9.84 Å². The predicted molar refractivity (Wildman–Crippen MR) is 75.2 cm³/mol. The third-order valence-corrected chi connectivity index (χ3v) is 3.59. The normalized spacial score (nSPS) is 15.4. The largest absolute Gasteiger partial charge is 0.339 e. The maximum Gasteiger partial charge on any atom is 0.230 e. The van der Waals surface area contributed by atoms with Crippen molar-refractivity contribution in [2.24, 2.45) is 0 Å². The Hall–Kier alpha value is -2.17. The molecular formula is C15H17N3O2. The summed E-state index contributed by atoms with van der Waals surface area (Å²) in [5.41, 5.74) is 1.59. The van der Waals surface area contributed by atoms with Gasteiger partial charge in [-0.1, -0.05) is 30.1 Å². The van der Waals surface area contributed by atoms with Gasteiger partial charge >= 0.3 is 0 Å². The van der Waals surface area contributed by atoms with Crippen LogP contribution in [0.1, 0.15) is 44.4 Å². The zero-order valence-electron chi connectivity index (χ0n) is 11.4. The molecule has 1 saturated carbocycles. The summed E-state index contributed by atoms with van der Waals surface area (Å²) < 4.78 is 5.38. The minimum absolute atomic E-state index is 0.0955. The van der Waals surface area contributed by atoms with Crippen LogP contribution in [-0.2, 0) is 4.79 Å². The fourth-order valence-electron chi connectivity index (χ4n) is 2.63. The summed E-state index contributed by atoms with van der Waals surface area (Å²) >= 11 is 0. The highest BCUT2D eigenvalue weighted by Gasteiger charge is 2.23. The lowest BCUT2D eigenvalue weighted by molar-refractivity contribution is -0.114. The van der Waals surface area contributed by atoms with Gasteiger partial charge in [0.25, 0.3) is 0 Å². The first-order chi connectivity index (χ1) is 9.72. The smallest absolute Gasteiger partial charge is 0.230 e. The van der Waals surface area contributed by atoms with Gasteiger partial charge in [-0.2, -0.15) is 4.98 Å². The van der Waals surface area contributed by atoms with Gasteiger partial charge in [-0.15, -0.1) is 0 Å². The number of carbonyl (C=O) groups is 1. The summed E-state index contributed by atoms with van der Waals surface area (Å²) in [6, 6.07) is 7.47. The second-order valence-electron chi connectivity index (χ2n) is 5.20. The SMILES string of the molecule is CC(=O)Nc1cccc(-c2noc(C3CCCC3)n2)c1. The molecule has 0 saturated heterocycles. The minimum Gasteiger partial charge on any atom is -0.339 e. The molecule has 1 aliphatic carbocycles. The summed E-state index contributed by atoms with van der Waals surface area (Å²) in [6.07, 6.45) is 4.74. The van der Waals surface area contributed by atoms with Crippen LogP contribution in [-0.4, -0.2) is 16.0 Å².